The van der Waals surface area contributed by atoms with Gasteiger partial charge in [0.2, 0.25) is 0 Å². The fourth-order valence-electron chi connectivity index (χ4n) is 3.74. The summed E-state index contributed by atoms with van der Waals surface area (Å²) in [6.07, 6.45) is 2.00. The molecule has 7 nitrogen and oxygen atoms in total. The van der Waals surface area contributed by atoms with Gasteiger partial charge < -0.3 is 9.84 Å². The van der Waals surface area contributed by atoms with E-state index in [1.54, 1.807) is 73.3 Å². The van der Waals surface area contributed by atoms with Crippen LogP contribution in [-0.4, -0.2) is 44.4 Å². The lowest BCUT2D eigenvalue weighted by Gasteiger charge is -2.14. The second-order valence-electron chi connectivity index (χ2n) is 7.78. The largest absolute Gasteiger partial charge is 0.478 e. The summed E-state index contributed by atoms with van der Waals surface area (Å²) in [5, 5.41) is 10.2. The molecule has 36 heavy (non-hydrogen) atoms. The molecule has 0 spiro atoms. The molecule has 0 fully saturated rings. The van der Waals surface area contributed by atoms with Crippen LogP contribution in [0.25, 0.3) is 16.6 Å². The van der Waals surface area contributed by atoms with Crippen molar-refractivity contribution in [3.63, 3.8) is 0 Å². The van der Waals surface area contributed by atoms with Crippen LogP contribution in [0.3, 0.4) is 0 Å². The number of carboxylic acids is 1. The summed E-state index contributed by atoms with van der Waals surface area (Å²) in [6.45, 7) is 1.99. The van der Waals surface area contributed by atoms with Crippen molar-refractivity contribution >= 4 is 57.8 Å². The lowest BCUT2D eigenvalue weighted by molar-refractivity contribution is -0.130. The molecule has 0 aliphatic carbocycles. The van der Waals surface area contributed by atoms with E-state index in [1.165, 1.54) is 0 Å². The van der Waals surface area contributed by atoms with Gasteiger partial charge in [0.15, 0.2) is 5.78 Å². The highest BCUT2D eigenvalue weighted by atomic mass is 32.2. The monoisotopic (exact) mass is 518 g/mol. The van der Waals surface area contributed by atoms with Gasteiger partial charge in [-0.2, -0.15) is 8.75 Å². The van der Waals surface area contributed by atoms with E-state index in [1.807, 2.05) is 18.4 Å². The summed E-state index contributed by atoms with van der Waals surface area (Å²) in [5.41, 5.74) is 3.07. The number of aromatic nitrogens is 2. The van der Waals surface area contributed by atoms with Crippen molar-refractivity contribution < 1.29 is 24.2 Å². The lowest BCUT2D eigenvalue weighted by Crippen LogP contribution is -2.14. The number of carboxylic acid groups (broad SMARTS) is 1. The maximum Gasteiger partial charge on any atom is 0.338 e. The minimum atomic E-state index is -1.22. The Bertz CT molecular complexity index is 1460. The molecule has 4 rings (SSSR count). The zero-order valence-electron chi connectivity index (χ0n) is 19.6. The molecule has 0 radical (unpaired) electrons. The molecule has 0 amide bonds. The van der Waals surface area contributed by atoms with Gasteiger partial charge in [-0.3, -0.25) is 4.79 Å². The van der Waals surface area contributed by atoms with Gasteiger partial charge in [0, 0.05) is 22.5 Å². The molecule has 1 heterocycles. The van der Waals surface area contributed by atoms with Crippen LogP contribution in [0.5, 0.6) is 0 Å². The minimum absolute atomic E-state index is 0.0567. The molecular formula is C27H22N2O5S2. The number of Topliss-reactive ketones (excluding diaryl/α,β-unsaturated/α-hetero) is 1. The number of aliphatic carboxylic acids is 1. The van der Waals surface area contributed by atoms with Crippen LogP contribution in [-0.2, 0) is 16.0 Å². The predicted molar refractivity (Wildman–Crippen MR) is 141 cm³/mol. The van der Waals surface area contributed by atoms with Gasteiger partial charge in [0.05, 0.1) is 29.5 Å². The van der Waals surface area contributed by atoms with Crippen molar-refractivity contribution in [2.24, 2.45) is 0 Å². The number of rotatable bonds is 9. The van der Waals surface area contributed by atoms with Crippen molar-refractivity contribution in [2.75, 3.05) is 12.9 Å². The molecular weight excluding hydrogens is 496 g/mol. The standard InChI is InChI=1S/C27H22N2O5S2/c1-3-34-27(33)18-6-4-16(5-7-18)14-21(25(30)17-8-11-20(35-2)12-9-17)24(26(31)32)19-10-13-22-23(15-19)29-36-28-22/h4-13,15H,3,14H2,1-2H3,(H,31,32). The fraction of sp³-hybridized carbons (Fsp3) is 0.148. The molecule has 9 heteroatoms. The highest BCUT2D eigenvalue weighted by Gasteiger charge is 2.24. The number of hydrogen-bond donors (Lipinski definition) is 1. The van der Waals surface area contributed by atoms with E-state index in [4.69, 9.17) is 4.74 Å². The smallest absolute Gasteiger partial charge is 0.338 e. The summed E-state index contributed by atoms with van der Waals surface area (Å²) in [4.78, 5) is 39.3. The minimum Gasteiger partial charge on any atom is -0.478 e. The van der Waals surface area contributed by atoms with E-state index >= 15 is 0 Å². The van der Waals surface area contributed by atoms with E-state index in [0.717, 1.165) is 16.6 Å². The number of hydrogen-bond acceptors (Lipinski definition) is 8. The number of nitrogens with zero attached hydrogens (tertiary/aromatic N) is 2. The van der Waals surface area contributed by atoms with Crippen LogP contribution in [0.2, 0.25) is 0 Å². The first kappa shape index (κ1) is 25.3. The SMILES string of the molecule is CCOC(=O)c1ccc(CC(C(=O)c2ccc(SC)cc2)=C(C(=O)O)c2ccc3nsnc3c2)cc1. The third-order valence-electron chi connectivity index (χ3n) is 5.53. The highest BCUT2D eigenvalue weighted by molar-refractivity contribution is 7.98. The molecule has 1 aromatic heterocycles. The number of fused-ring (bicyclic) bond motifs is 1. The first-order valence-electron chi connectivity index (χ1n) is 11.0. The van der Waals surface area contributed by atoms with Crippen LogP contribution < -0.4 is 0 Å². The molecule has 0 saturated carbocycles. The average molecular weight is 519 g/mol. The number of allylic oxidation sites excluding steroid dienone is 1. The number of ether oxygens (including phenoxy) is 1. The number of esters is 1. The molecule has 0 bridgehead atoms. The summed E-state index contributed by atoms with van der Waals surface area (Å²) < 4.78 is 13.4. The third-order valence-corrected chi connectivity index (χ3v) is 6.83. The van der Waals surface area contributed by atoms with E-state index in [0.29, 0.717) is 33.3 Å². The molecule has 0 unspecified atom stereocenters. The van der Waals surface area contributed by atoms with Gasteiger partial charge in [0.25, 0.3) is 0 Å². The van der Waals surface area contributed by atoms with Gasteiger partial charge in [-0.1, -0.05) is 18.2 Å². The second-order valence-corrected chi connectivity index (χ2v) is 9.19. The van der Waals surface area contributed by atoms with E-state index in [-0.39, 0.29) is 30.0 Å². The maximum atomic E-state index is 13.7. The molecule has 0 atom stereocenters. The molecule has 3 aromatic carbocycles. The van der Waals surface area contributed by atoms with Crippen LogP contribution in [0.1, 0.15) is 38.8 Å². The quantitative estimate of drug-likeness (QED) is 0.133. The Kier molecular flexibility index (Phi) is 7.92. The number of ketones is 1. The van der Waals surface area contributed by atoms with Gasteiger partial charge in [-0.25, -0.2) is 9.59 Å². The zero-order chi connectivity index (χ0) is 25.7. The number of carbonyl (C=O) groups excluding carboxylic acids is 2. The predicted octanol–water partition coefficient (Wildman–Crippen LogP) is 5.55. The summed E-state index contributed by atoms with van der Waals surface area (Å²) in [7, 11) is 0. The summed E-state index contributed by atoms with van der Waals surface area (Å²) in [6, 6.07) is 18.6. The van der Waals surface area contributed by atoms with Crippen molar-refractivity contribution in [2.45, 2.75) is 18.2 Å². The van der Waals surface area contributed by atoms with Crippen molar-refractivity contribution in [1.29, 1.82) is 0 Å². The zero-order valence-corrected chi connectivity index (χ0v) is 21.2. The van der Waals surface area contributed by atoms with Crippen molar-refractivity contribution in [3.05, 3.63) is 94.6 Å². The Morgan fingerprint density at radius 1 is 0.889 bits per heavy atom. The topological polar surface area (TPSA) is 106 Å². The molecule has 1 N–H and O–H groups in total. The first-order valence-corrected chi connectivity index (χ1v) is 13.0. The third kappa shape index (κ3) is 5.53. The normalized spacial score (nSPS) is 11.7. The Balaban J connectivity index is 1.82. The van der Waals surface area contributed by atoms with E-state index in [9.17, 15) is 19.5 Å². The fourth-order valence-corrected chi connectivity index (χ4v) is 4.67. The molecule has 182 valence electrons. The second kappa shape index (κ2) is 11.3. The summed E-state index contributed by atoms with van der Waals surface area (Å²) >= 11 is 2.59. The Labute approximate surface area is 216 Å². The highest BCUT2D eigenvalue weighted by Crippen LogP contribution is 2.28. The van der Waals surface area contributed by atoms with Crippen molar-refractivity contribution in [3.8, 4) is 0 Å². The van der Waals surface area contributed by atoms with Crippen LogP contribution >= 0.6 is 23.5 Å². The lowest BCUT2D eigenvalue weighted by atomic mass is 9.89. The van der Waals surface area contributed by atoms with Gasteiger partial charge >= 0.3 is 11.9 Å². The van der Waals surface area contributed by atoms with Crippen molar-refractivity contribution in [1.82, 2.24) is 8.75 Å². The maximum absolute atomic E-state index is 13.7. The van der Waals surface area contributed by atoms with Crippen LogP contribution in [0, 0.1) is 0 Å². The molecule has 0 aliphatic rings. The first-order chi connectivity index (χ1) is 17.4. The van der Waals surface area contributed by atoms with E-state index < -0.39 is 11.9 Å². The Morgan fingerprint density at radius 3 is 2.17 bits per heavy atom. The number of thioether (sulfide) groups is 1. The summed E-state index contributed by atoms with van der Waals surface area (Å²) in [5.74, 6) is -2.04. The average Bonchev–Trinajstić information content (AvgIpc) is 3.36. The van der Waals surface area contributed by atoms with Crippen LogP contribution in [0.4, 0.5) is 0 Å². The Hall–Kier alpha value is -3.82. The van der Waals surface area contributed by atoms with Gasteiger partial charge in [0.1, 0.15) is 11.0 Å². The molecule has 4 aromatic rings. The van der Waals surface area contributed by atoms with Gasteiger partial charge in [-0.05, 0) is 72.8 Å². The van der Waals surface area contributed by atoms with Crippen LogP contribution in [0.15, 0.2) is 77.2 Å². The number of benzene rings is 3. The van der Waals surface area contributed by atoms with E-state index in [2.05, 4.69) is 8.75 Å². The molecule has 0 saturated heterocycles. The molecule has 0 aliphatic heterocycles. The number of carbonyl (C=O) groups is 3. The van der Waals surface area contributed by atoms with Gasteiger partial charge in [-0.15, -0.1) is 11.8 Å². The Morgan fingerprint density at radius 2 is 1.53 bits per heavy atom.